The molecule has 2 saturated heterocycles. The van der Waals surface area contributed by atoms with Gasteiger partial charge in [-0.1, -0.05) is 24.2 Å². The normalized spacial score (nSPS) is 22.1. The molecule has 8 nitrogen and oxygen atoms in total. The number of rotatable bonds is 3. The lowest BCUT2D eigenvalue weighted by atomic mass is 10.0. The van der Waals surface area contributed by atoms with Gasteiger partial charge >= 0.3 is 0 Å². The number of phenols is 1. The van der Waals surface area contributed by atoms with Crippen molar-refractivity contribution in [3.05, 3.63) is 47.3 Å². The van der Waals surface area contributed by atoms with E-state index in [0.29, 0.717) is 32.0 Å². The molecule has 4 aliphatic rings. The number of fused-ring (bicyclic) bond motifs is 2. The number of carbonyl (C=O) groups excluding carboxylic acids is 2. The van der Waals surface area contributed by atoms with E-state index in [9.17, 15) is 19.1 Å². The van der Waals surface area contributed by atoms with Crippen molar-refractivity contribution in [2.45, 2.75) is 25.3 Å². The minimum atomic E-state index is -0.675. The fraction of sp³-hybridized carbons (Fsp3) is 0.423. The topological polar surface area (TPSA) is 86.2 Å². The lowest BCUT2D eigenvalue weighted by Crippen LogP contribution is -2.57. The zero-order valence-electron chi connectivity index (χ0n) is 19.7. The fourth-order valence-electron chi connectivity index (χ4n) is 5.62. The molecular formula is C26H26ClFN4O4. The number of carbonyl (C=O) groups is 2. The summed E-state index contributed by atoms with van der Waals surface area (Å²) in [6.45, 7) is 6.14. The Morgan fingerprint density at radius 2 is 2.06 bits per heavy atom. The van der Waals surface area contributed by atoms with Crippen LogP contribution in [0.3, 0.4) is 0 Å². The van der Waals surface area contributed by atoms with Gasteiger partial charge < -0.3 is 24.5 Å². The van der Waals surface area contributed by atoms with Crippen molar-refractivity contribution in [1.82, 2.24) is 14.8 Å². The van der Waals surface area contributed by atoms with Gasteiger partial charge in [0.25, 0.3) is 5.91 Å². The highest BCUT2D eigenvalue weighted by atomic mass is 35.5. The van der Waals surface area contributed by atoms with Crippen LogP contribution < -0.4 is 9.64 Å². The average Bonchev–Trinajstić information content (AvgIpc) is 3.53. The zero-order chi connectivity index (χ0) is 25.2. The van der Waals surface area contributed by atoms with Crippen molar-refractivity contribution in [3.63, 3.8) is 0 Å². The summed E-state index contributed by atoms with van der Waals surface area (Å²) in [5, 5.41) is 10.5. The van der Waals surface area contributed by atoms with E-state index in [4.69, 9.17) is 21.3 Å². The molecule has 2 amide bonds. The Morgan fingerprint density at radius 1 is 1.25 bits per heavy atom. The highest BCUT2D eigenvalue weighted by Crippen LogP contribution is 2.54. The number of amides is 2. The van der Waals surface area contributed by atoms with Crippen LogP contribution in [-0.4, -0.2) is 77.1 Å². The number of nitrogens with zero attached hydrogens (tertiary/aromatic N) is 4. The molecule has 0 bridgehead atoms. The van der Waals surface area contributed by atoms with Crippen LogP contribution in [0.1, 0.15) is 29.6 Å². The number of anilines is 1. The summed E-state index contributed by atoms with van der Waals surface area (Å²) in [5.41, 5.74) is 0.396. The average molecular weight is 513 g/mol. The number of piperazine rings is 1. The standard InChI is InChI=1S/C26H26ClFN4O4/c1-2-18(34)30-10-11-32-15(12-30)13-36-23-20(25(32)35)24(31-9-8-26(14-31)6-7-26)29-22(21(23)27)19-16(28)4-3-5-17(19)33/h2-5,15,33H,1,6-14H2/t15-/m1/s1. The minimum absolute atomic E-state index is 0.0262. The maximum absolute atomic E-state index is 14.9. The van der Waals surface area contributed by atoms with Gasteiger partial charge in [0, 0.05) is 32.7 Å². The fourth-order valence-corrected chi connectivity index (χ4v) is 5.90. The number of aromatic hydroxyl groups is 1. The highest BCUT2D eigenvalue weighted by Gasteiger charge is 2.49. The Kier molecular flexibility index (Phi) is 5.37. The van der Waals surface area contributed by atoms with Crippen LogP contribution in [0.4, 0.5) is 10.2 Å². The van der Waals surface area contributed by atoms with Crippen LogP contribution in [0, 0.1) is 11.2 Å². The van der Waals surface area contributed by atoms with E-state index in [1.807, 2.05) is 0 Å². The monoisotopic (exact) mass is 512 g/mol. The van der Waals surface area contributed by atoms with Crippen LogP contribution >= 0.6 is 11.6 Å². The highest BCUT2D eigenvalue weighted by molar-refractivity contribution is 6.35. The van der Waals surface area contributed by atoms with E-state index in [1.54, 1.807) is 9.80 Å². The van der Waals surface area contributed by atoms with E-state index in [0.717, 1.165) is 25.8 Å². The van der Waals surface area contributed by atoms with E-state index >= 15 is 0 Å². The van der Waals surface area contributed by atoms with Crippen molar-refractivity contribution < 1.29 is 23.8 Å². The molecule has 0 radical (unpaired) electrons. The van der Waals surface area contributed by atoms with Gasteiger partial charge in [0.1, 0.15) is 40.3 Å². The summed E-state index contributed by atoms with van der Waals surface area (Å²) in [5.74, 6) is -0.919. The minimum Gasteiger partial charge on any atom is -0.507 e. The number of halogens is 2. The van der Waals surface area contributed by atoms with Gasteiger partial charge in [-0.15, -0.1) is 0 Å². The molecule has 1 aromatic heterocycles. The predicted molar refractivity (Wildman–Crippen MR) is 132 cm³/mol. The van der Waals surface area contributed by atoms with Crippen LogP contribution in [0.25, 0.3) is 11.3 Å². The molecule has 188 valence electrons. The number of ether oxygens (including phenoxy) is 1. The molecule has 1 saturated carbocycles. The molecule has 36 heavy (non-hydrogen) atoms. The van der Waals surface area contributed by atoms with Gasteiger partial charge in [0.05, 0.1) is 11.6 Å². The summed E-state index contributed by atoms with van der Waals surface area (Å²) in [4.78, 5) is 36.3. The Balaban J connectivity index is 1.48. The Morgan fingerprint density at radius 3 is 2.75 bits per heavy atom. The molecule has 6 rings (SSSR count). The van der Waals surface area contributed by atoms with Crippen molar-refractivity contribution >= 4 is 29.2 Å². The van der Waals surface area contributed by atoms with E-state index < -0.39 is 5.82 Å². The van der Waals surface area contributed by atoms with Crippen molar-refractivity contribution in [1.29, 1.82) is 0 Å². The molecule has 1 atom stereocenters. The smallest absolute Gasteiger partial charge is 0.261 e. The molecule has 1 N–H and O–H groups in total. The maximum Gasteiger partial charge on any atom is 0.261 e. The van der Waals surface area contributed by atoms with Crippen LogP contribution in [0.15, 0.2) is 30.9 Å². The lowest BCUT2D eigenvalue weighted by Gasteiger charge is -2.39. The van der Waals surface area contributed by atoms with Crippen molar-refractivity contribution in [2.75, 3.05) is 44.2 Å². The first kappa shape index (κ1) is 23.1. The number of pyridine rings is 1. The van der Waals surface area contributed by atoms with Crippen molar-refractivity contribution in [2.24, 2.45) is 5.41 Å². The second-order valence-corrected chi connectivity index (χ2v) is 10.4. The molecule has 1 aliphatic carbocycles. The third-order valence-corrected chi connectivity index (χ3v) is 8.21. The van der Waals surface area contributed by atoms with Crippen LogP contribution in [0.5, 0.6) is 11.5 Å². The summed E-state index contributed by atoms with van der Waals surface area (Å²) in [7, 11) is 0. The summed E-state index contributed by atoms with van der Waals surface area (Å²) < 4.78 is 21.1. The predicted octanol–water partition coefficient (Wildman–Crippen LogP) is 3.47. The third-order valence-electron chi connectivity index (χ3n) is 7.86. The molecule has 3 aliphatic heterocycles. The van der Waals surface area contributed by atoms with Gasteiger partial charge in [-0.2, -0.15) is 0 Å². The molecular weight excluding hydrogens is 487 g/mol. The first-order valence-electron chi connectivity index (χ1n) is 12.1. The number of phenolic OH excluding ortho intramolecular Hbond substituents is 1. The SMILES string of the molecule is C=CC(=O)N1CCN2C(=O)c3c(N4CCC5(CC5)C4)nc(-c4c(O)cccc4F)c(Cl)c3OC[C@H]2C1. The van der Waals surface area contributed by atoms with Gasteiger partial charge in [0.15, 0.2) is 5.75 Å². The molecule has 0 unspecified atom stereocenters. The summed E-state index contributed by atoms with van der Waals surface area (Å²) >= 11 is 6.76. The Labute approximate surface area is 212 Å². The first-order valence-corrected chi connectivity index (χ1v) is 12.5. The largest absolute Gasteiger partial charge is 0.507 e. The molecule has 2 aromatic rings. The summed E-state index contributed by atoms with van der Waals surface area (Å²) in [6, 6.07) is 3.61. The number of hydrogen-bond acceptors (Lipinski definition) is 6. The molecule has 10 heteroatoms. The Bertz CT molecular complexity index is 1280. The molecule has 3 fully saturated rings. The van der Waals surface area contributed by atoms with Gasteiger partial charge in [-0.05, 0) is 42.9 Å². The second kappa shape index (κ2) is 8.37. The summed E-state index contributed by atoms with van der Waals surface area (Å²) in [6.07, 6.45) is 4.52. The van der Waals surface area contributed by atoms with Gasteiger partial charge in [0.2, 0.25) is 5.91 Å². The van der Waals surface area contributed by atoms with Crippen molar-refractivity contribution in [3.8, 4) is 22.8 Å². The zero-order valence-corrected chi connectivity index (χ0v) is 20.4. The van der Waals surface area contributed by atoms with E-state index in [-0.39, 0.29) is 63.2 Å². The third kappa shape index (κ3) is 3.59. The van der Waals surface area contributed by atoms with Gasteiger partial charge in [-0.3, -0.25) is 9.59 Å². The molecule has 4 heterocycles. The molecule has 1 spiro atoms. The van der Waals surface area contributed by atoms with E-state index in [2.05, 4.69) is 11.5 Å². The van der Waals surface area contributed by atoms with Gasteiger partial charge in [-0.25, -0.2) is 9.37 Å². The quantitative estimate of drug-likeness (QED) is 0.634. The van der Waals surface area contributed by atoms with E-state index in [1.165, 1.54) is 24.3 Å². The number of hydrogen-bond donors (Lipinski definition) is 1. The maximum atomic E-state index is 14.9. The first-order chi connectivity index (χ1) is 17.3. The number of aromatic nitrogens is 1. The second-order valence-electron chi connectivity index (χ2n) is 10.1. The molecule has 1 aromatic carbocycles. The van der Waals surface area contributed by atoms with Crippen LogP contribution in [-0.2, 0) is 4.79 Å². The lowest BCUT2D eigenvalue weighted by molar-refractivity contribution is -0.128. The Hall–Kier alpha value is -3.33. The number of benzene rings is 1. The van der Waals surface area contributed by atoms with Crippen LogP contribution in [0.2, 0.25) is 5.02 Å².